The Morgan fingerprint density at radius 2 is 1.59 bits per heavy atom. The molecule has 10 nitrogen and oxygen atoms in total. The van der Waals surface area contributed by atoms with E-state index in [-0.39, 0.29) is 6.61 Å². The molecule has 5 fully saturated rings. The van der Waals surface area contributed by atoms with Gasteiger partial charge in [-0.25, -0.2) is 4.79 Å². The molecule has 248 valence electrons. The minimum absolute atomic E-state index is 0.135. The third-order valence-corrected chi connectivity index (χ3v) is 10.2. The predicted molar refractivity (Wildman–Crippen MR) is 169 cm³/mol. The lowest BCUT2D eigenvalue weighted by atomic mass is 9.54. The third kappa shape index (κ3) is 6.52. The summed E-state index contributed by atoms with van der Waals surface area (Å²) in [6, 6.07) is 10.6. The number of esters is 1. The molecule has 0 radical (unpaired) electrons. The van der Waals surface area contributed by atoms with Crippen LogP contribution in [0.4, 0.5) is 0 Å². The number of hydrogen-bond donors (Lipinski definition) is 4. The van der Waals surface area contributed by atoms with E-state index in [0.29, 0.717) is 33.9 Å². The van der Waals surface area contributed by atoms with Crippen molar-refractivity contribution in [1.82, 2.24) is 0 Å². The SMILES string of the molecule is COC(=O)/C=C/c1ccc(C(OC)=C2C3CC4CC(C3)CC2C4)c(Cl)c1OCc1ccc(O[C@@H]2OC(CO)[C@H](O)C(O)[C@@H]2O)cc1. The topological polar surface area (TPSA) is 144 Å². The van der Waals surface area contributed by atoms with Gasteiger partial charge in [0.2, 0.25) is 6.29 Å². The first-order valence-corrected chi connectivity index (χ1v) is 16.1. The number of halogens is 1. The van der Waals surface area contributed by atoms with Crippen molar-refractivity contribution in [3.63, 3.8) is 0 Å². The summed E-state index contributed by atoms with van der Waals surface area (Å²) < 4.78 is 28.3. The van der Waals surface area contributed by atoms with Crippen LogP contribution in [-0.4, -0.2) is 77.9 Å². The third-order valence-electron chi connectivity index (χ3n) is 9.86. The predicted octanol–water partition coefficient (Wildman–Crippen LogP) is 4.10. The molecule has 4 saturated carbocycles. The van der Waals surface area contributed by atoms with Gasteiger partial charge < -0.3 is 44.1 Å². The fourth-order valence-corrected chi connectivity index (χ4v) is 8.13. The van der Waals surface area contributed by atoms with E-state index in [4.69, 9.17) is 35.3 Å². The largest absolute Gasteiger partial charge is 0.496 e. The van der Waals surface area contributed by atoms with E-state index >= 15 is 0 Å². The summed E-state index contributed by atoms with van der Waals surface area (Å²) in [5.74, 6) is 3.68. The van der Waals surface area contributed by atoms with Gasteiger partial charge in [-0.2, -0.15) is 0 Å². The minimum Gasteiger partial charge on any atom is -0.496 e. The first-order valence-electron chi connectivity index (χ1n) is 15.8. The van der Waals surface area contributed by atoms with Gasteiger partial charge in [0.05, 0.1) is 25.8 Å². The number of aliphatic hydroxyl groups excluding tert-OH is 4. The van der Waals surface area contributed by atoms with Crippen LogP contribution in [0.1, 0.15) is 48.8 Å². The number of hydrogen-bond acceptors (Lipinski definition) is 10. The van der Waals surface area contributed by atoms with E-state index in [9.17, 15) is 25.2 Å². The molecular weight excluding hydrogens is 616 g/mol. The van der Waals surface area contributed by atoms with Gasteiger partial charge in [0.15, 0.2) is 0 Å². The number of allylic oxidation sites excluding steroid dienone is 1. The van der Waals surface area contributed by atoms with Gasteiger partial charge in [-0.3, -0.25) is 0 Å². The number of methoxy groups -OCH3 is 2. The molecule has 2 aromatic rings. The summed E-state index contributed by atoms with van der Waals surface area (Å²) in [7, 11) is 3.01. The van der Waals surface area contributed by atoms with Crippen LogP contribution in [0.15, 0.2) is 48.0 Å². The molecule has 5 atom stereocenters. The van der Waals surface area contributed by atoms with Gasteiger partial charge in [0, 0.05) is 17.2 Å². The van der Waals surface area contributed by atoms with Crippen LogP contribution < -0.4 is 9.47 Å². The van der Waals surface area contributed by atoms with Crippen molar-refractivity contribution in [3.8, 4) is 11.5 Å². The minimum atomic E-state index is -1.54. The molecule has 46 heavy (non-hydrogen) atoms. The molecule has 2 aromatic carbocycles. The van der Waals surface area contributed by atoms with Crippen molar-refractivity contribution < 1.29 is 48.9 Å². The first kappa shape index (κ1) is 32.8. The average molecular weight is 657 g/mol. The Labute approximate surface area is 273 Å². The second kappa shape index (κ2) is 13.9. The van der Waals surface area contributed by atoms with Gasteiger partial charge in [-0.15, -0.1) is 0 Å². The lowest BCUT2D eigenvalue weighted by Crippen LogP contribution is -2.60. The van der Waals surface area contributed by atoms with Crippen LogP contribution in [0.5, 0.6) is 11.5 Å². The number of carbonyl (C=O) groups excluding carboxylic acids is 1. The number of ether oxygens (including phenoxy) is 5. The quantitative estimate of drug-likeness (QED) is 0.168. The summed E-state index contributed by atoms with van der Waals surface area (Å²) in [4.78, 5) is 11.9. The van der Waals surface area contributed by atoms with Crippen molar-refractivity contribution >= 4 is 29.4 Å². The summed E-state index contributed by atoms with van der Waals surface area (Å²) in [5, 5.41) is 40.2. The molecule has 2 unspecified atom stereocenters. The maximum absolute atomic E-state index is 11.9. The van der Waals surface area contributed by atoms with Crippen molar-refractivity contribution in [2.45, 2.75) is 69.4 Å². The average Bonchev–Trinajstić information content (AvgIpc) is 3.05. The van der Waals surface area contributed by atoms with Crippen LogP contribution >= 0.6 is 11.6 Å². The van der Waals surface area contributed by atoms with Crippen LogP contribution in [0, 0.1) is 23.7 Å². The van der Waals surface area contributed by atoms with E-state index in [0.717, 1.165) is 28.7 Å². The molecule has 1 aliphatic heterocycles. The molecule has 7 rings (SSSR count). The summed E-state index contributed by atoms with van der Waals surface area (Å²) in [6.45, 7) is -0.414. The highest BCUT2D eigenvalue weighted by Gasteiger charge is 2.47. The van der Waals surface area contributed by atoms with Gasteiger partial charge >= 0.3 is 5.97 Å². The lowest BCUT2D eigenvalue weighted by Gasteiger charge is -2.51. The number of carbonyl (C=O) groups is 1. The van der Waals surface area contributed by atoms with Gasteiger partial charge in [-0.05, 0) is 91.2 Å². The molecule has 0 aromatic heterocycles. The fourth-order valence-electron chi connectivity index (χ4n) is 7.81. The Morgan fingerprint density at radius 1 is 0.913 bits per heavy atom. The Bertz CT molecular complexity index is 1440. The van der Waals surface area contributed by atoms with Gasteiger partial charge in [-0.1, -0.05) is 29.8 Å². The van der Waals surface area contributed by atoms with E-state index in [1.54, 1.807) is 37.5 Å². The van der Waals surface area contributed by atoms with Crippen LogP contribution in [-0.2, 0) is 25.6 Å². The molecule has 11 heteroatoms. The van der Waals surface area contributed by atoms with Crippen molar-refractivity contribution in [3.05, 3.63) is 69.8 Å². The van der Waals surface area contributed by atoms with Crippen molar-refractivity contribution in [2.75, 3.05) is 20.8 Å². The molecule has 4 bridgehead atoms. The maximum atomic E-state index is 11.9. The molecule has 0 spiro atoms. The van der Waals surface area contributed by atoms with E-state index < -0.39 is 43.3 Å². The highest BCUT2D eigenvalue weighted by Crippen LogP contribution is 2.58. The normalized spacial score (nSPS) is 31.6. The van der Waals surface area contributed by atoms with E-state index in [2.05, 4.69) is 0 Å². The summed E-state index contributed by atoms with van der Waals surface area (Å²) in [6.07, 6.45) is 2.19. The van der Waals surface area contributed by atoms with Crippen molar-refractivity contribution in [1.29, 1.82) is 0 Å². The maximum Gasteiger partial charge on any atom is 0.330 e. The molecular formula is C35H41ClO10. The van der Waals surface area contributed by atoms with Crippen molar-refractivity contribution in [2.24, 2.45) is 23.7 Å². The lowest BCUT2D eigenvalue weighted by molar-refractivity contribution is -0.277. The molecule has 4 N–H and O–H groups in total. The Hall–Kier alpha value is -3.12. The molecule has 4 aliphatic carbocycles. The smallest absolute Gasteiger partial charge is 0.330 e. The number of benzene rings is 2. The fraction of sp³-hybridized carbons (Fsp3) is 0.514. The number of aliphatic hydroxyl groups is 4. The summed E-state index contributed by atoms with van der Waals surface area (Å²) >= 11 is 7.11. The zero-order valence-electron chi connectivity index (χ0n) is 25.9. The van der Waals surface area contributed by atoms with Crippen LogP contribution in [0.3, 0.4) is 0 Å². The molecule has 1 heterocycles. The second-order valence-electron chi connectivity index (χ2n) is 12.7. The zero-order valence-corrected chi connectivity index (χ0v) is 26.6. The Morgan fingerprint density at radius 3 is 2.20 bits per heavy atom. The highest BCUT2D eigenvalue weighted by molar-refractivity contribution is 6.34. The molecule has 1 saturated heterocycles. The zero-order chi connectivity index (χ0) is 32.5. The molecule has 0 amide bonds. The highest BCUT2D eigenvalue weighted by atomic mass is 35.5. The van der Waals surface area contributed by atoms with E-state index in [1.807, 2.05) is 12.1 Å². The molecule has 5 aliphatic rings. The van der Waals surface area contributed by atoms with E-state index in [1.165, 1.54) is 50.9 Å². The Balaban J connectivity index is 1.23. The number of rotatable bonds is 10. The second-order valence-corrected chi connectivity index (χ2v) is 13.1. The van der Waals surface area contributed by atoms with Crippen LogP contribution in [0.2, 0.25) is 5.02 Å². The van der Waals surface area contributed by atoms with Gasteiger partial charge in [0.1, 0.15) is 48.3 Å². The first-order chi connectivity index (χ1) is 22.2. The van der Waals surface area contributed by atoms with Gasteiger partial charge in [0.25, 0.3) is 0 Å². The monoisotopic (exact) mass is 656 g/mol. The summed E-state index contributed by atoms with van der Waals surface area (Å²) in [5.41, 5.74) is 3.51. The van der Waals surface area contributed by atoms with Crippen LogP contribution in [0.25, 0.3) is 11.8 Å². The Kier molecular flexibility index (Phi) is 9.94. The standard InChI is InChI=1S/C35H41ClO10/c1-42-27(38)10-6-21-5-9-25(34(43-2)28-22-12-19-11-20(14-22)15-23(28)13-19)29(36)33(21)44-17-18-3-7-24(8-4-18)45-35-32(41)31(40)30(39)26(16-37)46-35/h3-10,19-20,22-23,26,30-32,35,37,39-41H,11-17H2,1-2H3/b10-6+,34-28?/t19?,20?,22?,23?,26?,30-,31?,32-,35+/m0/s1.